The van der Waals surface area contributed by atoms with Crippen LogP contribution in [-0.4, -0.2) is 18.3 Å². The second kappa shape index (κ2) is 4.57. The summed E-state index contributed by atoms with van der Waals surface area (Å²) in [6, 6.07) is 7.25. The Balaban J connectivity index is 1.92. The first kappa shape index (κ1) is 12.0. The van der Waals surface area contributed by atoms with Crippen LogP contribution < -0.4 is 0 Å². The number of hydrogen-bond donors (Lipinski definition) is 1. The van der Waals surface area contributed by atoms with Crippen molar-refractivity contribution in [1.29, 1.82) is 0 Å². The standard InChI is InChI=1S/C14H15ClO3/c1-17-14(8-2-3-8)13(16)12-7-9-6-10(15)4-5-11(9)18-12/h4-8,13-14,16H,2-3H2,1H3. The maximum absolute atomic E-state index is 10.3. The smallest absolute Gasteiger partial charge is 0.138 e. The van der Waals surface area contributed by atoms with Crippen LogP contribution in [0, 0.1) is 5.92 Å². The molecular formula is C14H15ClO3. The fraction of sp³-hybridized carbons (Fsp3) is 0.429. The largest absolute Gasteiger partial charge is 0.458 e. The summed E-state index contributed by atoms with van der Waals surface area (Å²) in [7, 11) is 1.63. The molecule has 18 heavy (non-hydrogen) atoms. The quantitative estimate of drug-likeness (QED) is 0.920. The van der Waals surface area contributed by atoms with Crippen LogP contribution >= 0.6 is 11.6 Å². The van der Waals surface area contributed by atoms with Crippen molar-refractivity contribution in [1.82, 2.24) is 0 Å². The van der Waals surface area contributed by atoms with Gasteiger partial charge in [0.2, 0.25) is 0 Å². The fourth-order valence-corrected chi connectivity index (χ4v) is 2.53. The molecule has 1 fully saturated rings. The number of benzene rings is 1. The Labute approximate surface area is 110 Å². The monoisotopic (exact) mass is 266 g/mol. The normalized spacial score (nSPS) is 19.1. The molecule has 2 unspecified atom stereocenters. The Hall–Kier alpha value is -1.03. The summed E-state index contributed by atoms with van der Waals surface area (Å²) >= 11 is 5.93. The number of methoxy groups -OCH3 is 1. The Morgan fingerprint density at radius 2 is 2.17 bits per heavy atom. The molecule has 2 aromatic rings. The summed E-state index contributed by atoms with van der Waals surface area (Å²) in [6.45, 7) is 0. The third kappa shape index (κ3) is 2.14. The molecule has 1 saturated carbocycles. The molecular weight excluding hydrogens is 252 g/mol. The van der Waals surface area contributed by atoms with Crippen molar-refractivity contribution in [2.75, 3.05) is 7.11 Å². The van der Waals surface area contributed by atoms with Gasteiger partial charge in [-0.05, 0) is 43.0 Å². The molecule has 2 atom stereocenters. The number of aliphatic hydroxyl groups excluding tert-OH is 1. The zero-order valence-electron chi connectivity index (χ0n) is 10.1. The van der Waals surface area contributed by atoms with E-state index in [0.717, 1.165) is 23.8 Å². The molecule has 3 nitrogen and oxygen atoms in total. The van der Waals surface area contributed by atoms with Crippen LogP contribution in [0.2, 0.25) is 5.02 Å². The van der Waals surface area contributed by atoms with Crippen LogP contribution in [0.5, 0.6) is 0 Å². The highest BCUT2D eigenvalue weighted by Crippen LogP contribution is 2.40. The topological polar surface area (TPSA) is 42.6 Å². The molecule has 3 rings (SSSR count). The van der Waals surface area contributed by atoms with E-state index in [1.807, 2.05) is 18.2 Å². The van der Waals surface area contributed by atoms with Crippen LogP contribution in [0.25, 0.3) is 11.0 Å². The first-order valence-corrected chi connectivity index (χ1v) is 6.46. The Morgan fingerprint density at radius 3 is 2.83 bits per heavy atom. The van der Waals surface area contributed by atoms with Gasteiger partial charge in [-0.15, -0.1) is 0 Å². The highest BCUT2D eigenvalue weighted by molar-refractivity contribution is 6.31. The Bertz CT molecular complexity index is 559. The van der Waals surface area contributed by atoms with Crippen molar-refractivity contribution in [3.05, 3.63) is 35.0 Å². The van der Waals surface area contributed by atoms with Crippen LogP contribution in [0.3, 0.4) is 0 Å². The van der Waals surface area contributed by atoms with Crippen molar-refractivity contribution < 1.29 is 14.3 Å². The van der Waals surface area contributed by atoms with E-state index in [1.165, 1.54) is 0 Å². The highest BCUT2D eigenvalue weighted by Gasteiger charge is 2.38. The molecule has 1 aliphatic rings. The zero-order valence-corrected chi connectivity index (χ0v) is 10.9. The summed E-state index contributed by atoms with van der Waals surface area (Å²) in [5.74, 6) is 0.993. The van der Waals surface area contributed by atoms with Crippen molar-refractivity contribution in [3.63, 3.8) is 0 Å². The summed E-state index contributed by atoms with van der Waals surface area (Å²) in [5.41, 5.74) is 0.735. The number of hydrogen-bond acceptors (Lipinski definition) is 3. The van der Waals surface area contributed by atoms with E-state index >= 15 is 0 Å². The second-order valence-corrected chi connectivity index (χ2v) is 5.25. The summed E-state index contributed by atoms with van der Waals surface area (Å²) < 4.78 is 11.0. The molecule has 0 aliphatic heterocycles. The van der Waals surface area contributed by atoms with Crippen molar-refractivity contribution in [2.45, 2.75) is 25.0 Å². The van der Waals surface area contributed by atoms with E-state index in [0.29, 0.717) is 16.7 Å². The van der Waals surface area contributed by atoms with Gasteiger partial charge in [0.15, 0.2) is 0 Å². The van der Waals surface area contributed by atoms with Gasteiger partial charge in [-0.1, -0.05) is 11.6 Å². The maximum atomic E-state index is 10.3. The number of halogens is 1. The average molecular weight is 267 g/mol. The van der Waals surface area contributed by atoms with E-state index in [1.54, 1.807) is 13.2 Å². The van der Waals surface area contributed by atoms with Gasteiger partial charge in [0.05, 0.1) is 6.10 Å². The minimum absolute atomic E-state index is 0.180. The van der Waals surface area contributed by atoms with Gasteiger partial charge in [0.1, 0.15) is 17.4 Å². The third-order valence-electron chi connectivity index (χ3n) is 3.46. The molecule has 0 saturated heterocycles. The SMILES string of the molecule is COC(C1CC1)C(O)c1cc2cc(Cl)ccc2o1. The lowest BCUT2D eigenvalue weighted by molar-refractivity contribution is -0.0348. The lowest BCUT2D eigenvalue weighted by Crippen LogP contribution is -2.22. The predicted octanol–water partition coefficient (Wildman–Crippen LogP) is 3.54. The lowest BCUT2D eigenvalue weighted by atomic mass is 10.1. The number of fused-ring (bicyclic) bond motifs is 1. The number of furan rings is 1. The molecule has 0 spiro atoms. The zero-order chi connectivity index (χ0) is 12.7. The molecule has 96 valence electrons. The van der Waals surface area contributed by atoms with Crippen LogP contribution in [0.4, 0.5) is 0 Å². The van der Waals surface area contributed by atoms with Gasteiger partial charge in [-0.2, -0.15) is 0 Å². The lowest BCUT2D eigenvalue weighted by Gasteiger charge is -2.19. The fourth-order valence-electron chi connectivity index (χ4n) is 2.35. The summed E-state index contributed by atoms with van der Waals surface area (Å²) in [5, 5.41) is 11.9. The minimum Gasteiger partial charge on any atom is -0.458 e. The van der Waals surface area contributed by atoms with Crippen LogP contribution in [-0.2, 0) is 4.74 Å². The first-order valence-electron chi connectivity index (χ1n) is 6.09. The van der Waals surface area contributed by atoms with Crippen LogP contribution in [0.15, 0.2) is 28.7 Å². The highest BCUT2D eigenvalue weighted by atomic mass is 35.5. The number of aliphatic hydroxyl groups is 1. The minimum atomic E-state index is -0.714. The van der Waals surface area contributed by atoms with Crippen molar-refractivity contribution in [3.8, 4) is 0 Å². The second-order valence-electron chi connectivity index (χ2n) is 4.81. The van der Waals surface area contributed by atoms with Gasteiger partial charge in [0, 0.05) is 17.5 Å². The van der Waals surface area contributed by atoms with Gasteiger partial charge < -0.3 is 14.3 Å². The number of ether oxygens (including phenoxy) is 1. The van der Waals surface area contributed by atoms with Gasteiger partial charge in [0.25, 0.3) is 0 Å². The third-order valence-corrected chi connectivity index (χ3v) is 3.69. The molecule has 4 heteroatoms. The van der Waals surface area contributed by atoms with Crippen molar-refractivity contribution in [2.24, 2.45) is 5.92 Å². The van der Waals surface area contributed by atoms with Gasteiger partial charge >= 0.3 is 0 Å². The van der Waals surface area contributed by atoms with E-state index in [4.69, 9.17) is 20.8 Å². The van der Waals surface area contributed by atoms with Crippen LogP contribution in [0.1, 0.15) is 24.7 Å². The molecule has 0 amide bonds. The summed E-state index contributed by atoms with van der Waals surface area (Å²) in [4.78, 5) is 0. The average Bonchev–Trinajstić information content (AvgIpc) is 3.08. The summed E-state index contributed by atoms with van der Waals surface area (Å²) in [6.07, 6.45) is 1.33. The van der Waals surface area contributed by atoms with E-state index in [2.05, 4.69) is 0 Å². The Morgan fingerprint density at radius 1 is 1.39 bits per heavy atom. The van der Waals surface area contributed by atoms with Gasteiger partial charge in [-0.3, -0.25) is 0 Å². The Kier molecular flexibility index (Phi) is 3.06. The number of rotatable bonds is 4. The van der Waals surface area contributed by atoms with Crippen molar-refractivity contribution >= 4 is 22.6 Å². The molecule has 0 bridgehead atoms. The maximum Gasteiger partial charge on any atom is 0.138 e. The predicted molar refractivity (Wildman–Crippen MR) is 69.7 cm³/mol. The molecule has 1 N–H and O–H groups in total. The first-order chi connectivity index (χ1) is 8.69. The van der Waals surface area contributed by atoms with E-state index < -0.39 is 6.10 Å². The van der Waals surface area contributed by atoms with Gasteiger partial charge in [-0.25, -0.2) is 0 Å². The molecule has 1 aliphatic carbocycles. The van der Waals surface area contributed by atoms with E-state index in [9.17, 15) is 5.11 Å². The molecule has 1 aromatic carbocycles. The molecule has 1 aromatic heterocycles. The van der Waals surface area contributed by atoms with E-state index in [-0.39, 0.29) is 6.10 Å². The molecule has 0 radical (unpaired) electrons. The molecule has 1 heterocycles.